The molecule has 1 aromatic carbocycles. The molecule has 3 nitrogen and oxygen atoms in total. The second-order valence-electron chi connectivity index (χ2n) is 3.13. The second-order valence-corrected chi connectivity index (χ2v) is 4.00. The van der Waals surface area contributed by atoms with Gasteiger partial charge in [0.05, 0.1) is 6.54 Å². The van der Waals surface area contributed by atoms with Crippen LogP contribution < -0.4 is 10.6 Å². The molecule has 2 N–H and O–H groups in total. The summed E-state index contributed by atoms with van der Waals surface area (Å²) in [6.45, 7) is 4.34. The van der Waals surface area contributed by atoms with Crippen molar-refractivity contribution in [2.24, 2.45) is 0 Å². The smallest absolute Gasteiger partial charge is 0.238 e. The van der Waals surface area contributed by atoms with Gasteiger partial charge < -0.3 is 10.6 Å². The minimum absolute atomic E-state index is 0.153. The quantitative estimate of drug-likeness (QED) is 0.630. The van der Waals surface area contributed by atoms with Gasteiger partial charge in [0.2, 0.25) is 5.91 Å². The van der Waals surface area contributed by atoms with Gasteiger partial charge in [-0.15, -0.1) is 6.58 Å². The Bertz CT molecular complexity index is 373. The maximum Gasteiger partial charge on any atom is 0.238 e. The van der Waals surface area contributed by atoms with Gasteiger partial charge in [-0.25, -0.2) is 0 Å². The van der Waals surface area contributed by atoms with E-state index in [1.165, 1.54) is 0 Å². The van der Waals surface area contributed by atoms with Gasteiger partial charge in [-0.1, -0.05) is 29.3 Å². The maximum absolute atomic E-state index is 11.4. The van der Waals surface area contributed by atoms with Gasteiger partial charge in [0, 0.05) is 22.3 Å². The van der Waals surface area contributed by atoms with E-state index in [-0.39, 0.29) is 12.5 Å². The molecule has 0 spiro atoms. The van der Waals surface area contributed by atoms with Gasteiger partial charge in [0.25, 0.3) is 0 Å². The standard InChI is InChI=1S/C11H12Cl2N2O/c1-2-3-14-7-11(16)15-10-5-8(12)4-9(13)6-10/h2,4-6,14H,1,3,7H2,(H,15,16). The second kappa shape index (κ2) is 6.53. The molecule has 0 aromatic heterocycles. The number of rotatable bonds is 5. The van der Waals surface area contributed by atoms with Crippen LogP contribution in [0.3, 0.4) is 0 Å². The molecular formula is C11H12Cl2N2O. The average molecular weight is 259 g/mol. The van der Waals surface area contributed by atoms with Crippen molar-refractivity contribution in [1.29, 1.82) is 0 Å². The number of amides is 1. The molecule has 5 heteroatoms. The molecule has 0 saturated heterocycles. The number of carbonyl (C=O) groups excluding carboxylic acids is 1. The van der Waals surface area contributed by atoms with Crippen LogP contribution in [0, 0.1) is 0 Å². The van der Waals surface area contributed by atoms with E-state index >= 15 is 0 Å². The van der Waals surface area contributed by atoms with Crippen LogP contribution >= 0.6 is 23.2 Å². The zero-order valence-electron chi connectivity index (χ0n) is 8.59. The fraction of sp³-hybridized carbons (Fsp3) is 0.182. The highest BCUT2D eigenvalue weighted by molar-refractivity contribution is 6.35. The summed E-state index contributed by atoms with van der Waals surface area (Å²) in [7, 11) is 0. The molecule has 0 aliphatic rings. The largest absolute Gasteiger partial charge is 0.325 e. The zero-order valence-corrected chi connectivity index (χ0v) is 10.1. The highest BCUT2D eigenvalue weighted by Crippen LogP contribution is 2.22. The number of nitrogens with one attached hydrogen (secondary N) is 2. The fourth-order valence-corrected chi connectivity index (χ4v) is 1.64. The van der Waals surface area contributed by atoms with Crippen molar-refractivity contribution in [2.45, 2.75) is 0 Å². The van der Waals surface area contributed by atoms with Crippen LogP contribution in [0.5, 0.6) is 0 Å². The van der Waals surface area contributed by atoms with Crippen molar-refractivity contribution in [2.75, 3.05) is 18.4 Å². The number of carbonyl (C=O) groups is 1. The first-order chi connectivity index (χ1) is 7.61. The van der Waals surface area contributed by atoms with Crippen LogP contribution in [0.1, 0.15) is 0 Å². The van der Waals surface area contributed by atoms with Crippen molar-refractivity contribution < 1.29 is 4.79 Å². The number of anilines is 1. The molecule has 0 fully saturated rings. The van der Waals surface area contributed by atoms with Crippen LogP contribution in [0.2, 0.25) is 10.0 Å². The summed E-state index contributed by atoms with van der Waals surface area (Å²) in [6.07, 6.45) is 1.68. The molecule has 1 amide bonds. The number of hydrogen-bond donors (Lipinski definition) is 2. The third-order valence-corrected chi connectivity index (χ3v) is 2.16. The minimum Gasteiger partial charge on any atom is -0.325 e. The van der Waals surface area contributed by atoms with E-state index < -0.39 is 0 Å². The van der Waals surface area contributed by atoms with Crippen LogP contribution in [-0.2, 0) is 4.79 Å². The Morgan fingerprint density at radius 1 is 1.31 bits per heavy atom. The van der Waals surface area contributed by atoms with Crippen molar-refractivity contribution >= 4 is 34.8 Å². The zero-order chi connectivity index (χ0) is 12.0. The summed E-state index contributed by atoms with van der Waals surface area (Å²) < 4.78 is 0. The molecule has 0 aliphatic carbocycles. The lowest BCUT2D eigenvalue weighted by Crippen LogP contribution is -2.28. The van der Waals surface area contributed by atoms with Crippen molar-refractivity contribution in [3.05, 3.63) is 40.9 Å². The molecule has 0 heterocycles. The van der Waals surface area contributed by atoms with E-state index in [1.54, 1.807) is 24.3 Å². The molecule has 86 valence electrons. The summed E-state index contributed by atoms with van der Waals surface area (Å²) in [4.78, 5) is 11.4. The lowest BCUT2D eigenvalue weighted by atomic mass is 10.3. The first-order valence-electron chi connectivity index (χ1n) is 4.69. The Balaban J connectivity index is 2.52. The summed E-state index contributed by atoms with van der Waals surface area (Å²) in [5, 5.41) is 6.54. The normalized spacial score (nSPS) is 9.88. The Morgan fingerprint density at radius 3 is 2.50 bits per heavy atom. The van der Waals surface area contributed by atoms with E-state index in [2.05, 4.69) is 17.2 Å². The fourth-order valence-electron chi connectivity index (χ4n) is 1.12. The topological polar surface area (TPSA) is 41.1 Å². The van der Waals surface area contributed by atoms with E-state index in [4.69, 9.17) is 23.2 Å². The van der Waals surface area contributed by atoms with Gasteiger partial charge >= 0.3 is 0 Å². The number of benzene rings is 1. The molecule has 0 aliphatic heterocycles. The van der Waals surface area contributed by atoms with Crippen molar-refractivity contribution in [3.63, 3.8) is 0 Å². The lowest BCUT2D eigenvalue weighted by Gasteiger charge is -2.06. The third-order valence-electron chi connectivity index (χ3n) is 1.72. The van der Waals surface area contributed by atoms with E-state index in [1.807, 2.05) is 0 Å². The Hall–Kier alpha value is -1.03. The summed E-state index contributed by atoms with van der Waals surface area (Å²) in [5.74, 6) is -0.153. The third kappa shape index (κ3) is 4.66. The molecule has 0 bridgehead atoms. The molecule has 0 unspecified atom stereocenters. The molecule has 1 rings (SSSR count). The van der Waals surface area contributed by atoms with Crippen LogP contribution in [0.4, 0.5) is 5.69 Å². The van der Waals surface area contributed by atoms with Crippen molar-refractivity contribution in [1.82, 2.24) is 5.32 Å². The van der Waals surface area contributed by atoms with Gasteiger partial charge in [-0.3, -0.25) is 4.79 Å². The highest BCUT2D eigenvalue weighted by atomic mass is 35.5. The van der Waals surface area contributed by atoms with E-state index in [0.717, 1.165) is 0 Å². The summed E-state index contributed by atoms with van der Waals surface area (Å²) >= 11 is 11.6. The molecular weight excluding hydrogens is 247 g/mol. The summed E-state index contributed by atoms with van der Waals surface area (Å²) in [6, 6.07) is 4.88. The molecule has 0 radical (unpaired) electrons. The minimum atomic E-state index is -0.153. The van der Waals surface area contributed by atoms with E-state index in [9.17, 15) is 4.79 Å². The first-order valence-corrected chi connectivity index (χ1v) is 5.45. The molecule has 0 saturated carbocycles. The average Bonchev–Trinajstić information content (AvgIpc) is 2.16. The van der Waals surface area contributed by atoms with Crippen LogP contribution in [-0.4, -0.2) is 19.0 Å². The summed E-state index contributed by atoms with van der Waals surface area (Å²) in [5.41, 5.74) is 0.586. The van der Waals surface area contributed by atoms with Gasteiger partial charge in [0.15, 0.2) is 0 Å². The predicted octanol–water partition coefficient (Wildman–Crippen LogP) is 2.71. The highest BCUT2D eigenvalue weighted by Gasteiger charge is 2.03. The predicted molar refractivity (Wildman–Crippen MR) is 68.2 cm³/mol. The van der Waals surface area contributed by atoms with Gasteiger partial charge in [-0.2, -0.15) is 0 Å². The van der Waals surface area contributed by atoms with Crippen LogP contribution in [0.15, 0.2) is 30.9 Å². The Kier molecular flexibility index (Phi) is 5.32. The monoisotopic (exact) mass is 258 g/mol. The Morgan fingerprint density at radius 2 is 1.94 bits per heavy atom. The van der Waals surface area contributed by atoms with Crippen LogP contribution in [0.25, 0.3) is 0 Å². The number of hydrogen-bond acceptors (Lipinski definition) is 2. The van der Waals surface area contributed by atoms with Gasteiger partial charge in [0.1, 0.15) is 0 Å². The van der Waals surface area contributed by atoms with Crippen molar-refractivity contribution in [3.8, 4) is 0 Å². The van der Waals surface area contributed by atoms with E-state index in [0.29, 0.717) is 22.3 Å². The van der Waals surface area contributed by atoms with Gasteiger partial charge in [-0.05, 0) is 18.2 Å². The first kappa shape index (κ1) is 13.0. The number of halogens is 2. The molecule has 0 atom stereocenters. The molecule has 16 heavy (non-hydrogen) atoms. The molecule has 1 aromatic rings. The maximum atomic E-state index is 11.4. The SMILES string of the molecule is C=CCNCC(=O)Nc1cc(Cl)cc(Cl)c1. The lowest BCUT2D eigenvalue weighted by molar-refractivity contribution is -0.115. The Labute approximate surface area is 104 Å².